The number of nitrogens with two attached hydrogens (primary N) is 1. The minimum absolute atomic E-state index is 0.245. The van der Waals surface area contributed by atoms with E-state index in [-0.39, 0.29) is 6.04 Å². The van der Waals surface area contributed by atoms with Gasteiger partial charge in [-0.25, -0.2) is 0 Å². The van der Waals surface area contributed by atoms with E-state index in [0.717, 1.165) is 5.92 Å². The fourth-order valence-electron chi connectivity index (χ4n) is 3.04. The molecule has 1 nitrogen and oxygen atoms in total. The molecule has 1 saturated carbocycles. The van der Waals surface area contributed by atoms with E-state index in [0.29, 0.717) is 5.92 Å². The first-order valence-electron chi connectivity index (χ1n) is 6.98. The van der Waals surface area contributed by atoms with Gasteiger partial charge in [-0.15, -0.1) is 11.3 Å². The molecule has 0 saturated heterocycles. The van der Waals surface area contributed by atoms with Crippen LogP contribution in [0.5, 0.6) is 0 Å². The Morgan fingerprint density at radius 2 is 1.89 bits per heavy atom. The molecule has 0 spiro atoms. The Labute approximate surface area is 113 Å². The maximum atomic E-state index is 6.49. The van der Waals surface area contributed by atoms with Crippen LogP contribution in [0.1, 0.15) is 43.5 Å². The van der Waals surface area contributed by atoms with Crippen LogP contribution >= 0.6 is 11.3 Å². The van der Waals surface area contributed by atoms with E-state index in [4.69, 9.17) is 5.73 Å². The zero-order chi connectivity index (χ0) is 12.5. The van der Waals surface area contributed by atoms with E-state index in [1.165, 1.54) is 40.6 Å². The number of fused-ring (bicyclic) bond motifs is 1. The van der Waals surface area contributed by atoms with Crippen LogP contribution in [0.15, 0.2) is 30.3 Å². The van der Waals surface area contributed by atoms with Gasteiger partial charge in [0.2, 0.25) is 0 Å². The van der Waals surface area contributed by atoms with Crippen molar-refractivity contribution in [1.29, 1.82) is 0 Å². The maximum absolute atomic E-state index is 6.49. The van der Waals surface area contributed by atoms with Crippen molar-refractivity contribution in [1.82, 2.24) is 0 Å². The van der Waals surface area contributed by atoms with Gasteiger partial charge in [-0.2, -0.15) is 0 Å². The van der Waals surface area contributed by atoms with Crippen molar-refractivity contribution in [2.45, 2.75) is 38.6 Å². The molecular weight excluding hydrogens is 238 g/mol. The summed E-state index contributed by atoms with van der Waals surface area (Å²) in [4.78, 5) is 1.37. The fraction of sp³-hybridized carbons (Fsp3) is 0.500. The van der Waals surface area contributed by atoms with Gasteiger partial charge in [0, 0.05) is 15.6 Å². The van der Waals surface area contributed by atoms with E-state index in [9.17, 15) is 0 Å². The molecule has 96 valence electrons. The molecule has 1 heterocycles. The van der Waals surface area contributed by atoms with Crippen molar-refractivity contribution < 1.29 is 0 Å². The number of benzene rings is 1. The zero-order valence-electron chi connectivity index (χ0n) is 10.9. The largest absolute Gasteiger partial charge is 0.323 e. The Bertz CT molecular complexity index is 490. The summed E-state index contributed by atoms with van der Waals surface area (Å²) < 4.78 is 1.37. The van der Waals surface area contributed by atoms with Crippen LogP contribution in [-0.2, 0) is 0 Å². The first-order chi connectivity index (χ1) is 8.74. The molecule has 0 bridgehead atoms. The molecule has 0 aliphatic heterocycles. The van der Waals surface area contributed by atoms with Crippen molar-refractivity contribution in [3.63, 3.8) is 0 Å². The molecule has 0 radical (unpaired) electrons. The van der Waals surface area contributed by atoms with Gasteiger partial charge in [0.25, 0.3) is 0 Å². The van der Waals surface area contributed by atoms with Crippen molar-refractivity contribution in [3.8, 4) is 0 Å². The molecule has 18 heavy (non-hydrogen) atoms. The molecule has 2 aromatic rings. The molecule has 1 aromatic heterocycles. The van der Waals surface area contributed by atoms with Crippen LogP contribution in [0.2, 0.25) is 0 Å². The standard InChI is InChI=1S/C16H21NS/c1-11-6-8-12(9-7-11)16(17)15-10-13-4-2-3-5-14(13)18-15/h2-5,10-12,16H,6-9,17H2,1H3. The van der Waals surface area contributed by atoms with Gasteiger partial charge in [0.1, 0.15) is 0 Å². The molecule has 2 N–H and O–H groups in total. The second kappa shape index (κ2) is 5.02. The summed E-state index contributed by atoms with van der Waals surface area (Å²) in [5, 5.41) is 1.34. The number of rotatable bonds is 2. The second-order valence-electron chi connectivity index (χ2n) is 5.73. The Kier molecular flexibility index (Phi) is 3.40. The summed E-state index contributed by atoms with van der Waals surface area (Å²) in [5.41, 5.74) is 6.49. The summed E-state index contributed by atoms with van der Waals surface area (Å²) in [5.74, 6) is 1.59. The van der Waals surface area contributed by atoms with E-state index < -0.39 is 0 Å². The van der Waals surface area contributed by atoms with E-state index in [2.05, 4.69) is 37.3 Å². The van der Waals surface area contributed by atoms with E-state index in [1.54, 1.807) is 0 Å². The van der Waals surface area contributed by atoms with Crippen molar-refractivity contribution in [2.24, 2.45) is 17.6 Å². The van der Waals surface area contributed by atoms with Crippen LogP contribution < -0.4 is 5.73 Å². The van der Waals surface area contributed by atoms with E-state index >= 15 is 0 Å². The third kappa shape index (κ3) is 2.32. The monoisotopic (exact) mass is 259 g/mol. The molecule has 1 atom stereocenters. The SMILES string of the molecule is CC1CCC(C(N)c2cc3ccccc3s2)CC1. The quantitative estimate of drug-likeness (QED) is 0.829. The average Bonchev–Trinajstić information content (AvgIpc) is 2.82. The second-order valence-corrected chi connectivity index (χ2v) is 6.85. The summed E-state index contributed by atoms with van der Waals surface area (Å²) in [6.07, 6.45) is 5.31. The van der Waals surface area contributed by atoms with Crippen LogP contribution in [-0.4, -0.2) is 0 Å². The molecule has 1 fully saturated rings. The molecule has 1 aliphatic rings. The highest BCUT2D eigenvalue weighted by Crippen LogP contribution is 2.39. The van der Waals surface area contributed by atoms with Gasteiger partial charge in [-0.3, -0.25) is 0 Å². The summed E-state index contributed by atoms with van der Waals surface area (Å²) >= 11 is 1.87. The van der Waals surface area contributed by atoms with Gasteiger partial charge in [0.15, 0.2) is 0 Å². The van der Waals surface area contributed by atoms with Gasteiger partial charge in [-0.1, -0.05) is 38.0 Å². The lowest BCUT2D eigenvalue weighted by molar-refractivity contribution is 0.258. The summed E-state index contributed by atoms with van der Waals surface area (Å²) in [6, 6.07) is 11.1. The number of hydrogen-bond acceptors (Lipinski definition) is 2. The minimum Gasteiger partial charge on any atom is -0.323 e. The Morgan fingerprint density at radius 1 is 1.17 bits per heavy atom. The van der Waals surface area contributed by atoms with Crippen molar-refractivity contribution in [3.05, 3.63) is 35.2 Å². The van der Waals surface area contributed by atoms with Crippen LogP contribution in [0.3, 0.4) is 0 Å². The minimum atomic E-state index is 0.245. The predicted molar refractivity (Wildman–Crippen MR) is 79.9 cm³/mol. The van der Waals surface area contributed by atoms with Crippen LogP contribution in [0.25, 0.3) is 10.1 Å². The Balaban J connectivity index is 1.81. The lowest BCUT2D eigenvalue weighted by Gasteiger charge is -2.30. The molecular formula is C16H21NS. The average molecular weight is 259 g/mol. The van der Waals surface area contributed by atoms with Crippen LogP contribution in [0.4, 0.5) is 0 Å². The molecule has 0 amide bonds. The molecule has 1 aromatic carbocycles. The van der Waals surface area contributed by atoms with Gasteiger partial charge >= 0.3 is 0 Å². The van der Waals surface area contributed by atoms with Crippen molar-refractivity contribution >= 4 is 21.4 Å². The van der Waals surface area contributed by atoms with E-state index in [1.807, 2.05) is 11.3 Å². The zero-order valence-corrected chi connectivity index (χ0v) is 11.7. The topological polar surface area (TPSA) is 26.0 Å². The molecule has 2 heteroatoms. The first-order valence-corrected chi connectivity index (χ1v) is 7.80. The smallest absolute Gasteiger partial charge is 0.0418 e. The van der Waals surface area contributed by atoms with Gasteiger partial charge in [0.05, 0.1) is 0 Å². The third-order valence-electron chi connectivity index (χ3n) is 4.34. The highest BCUT2D eigenvalue weighted by atomic mass is 32.1. The predicted octanol–water partition coefficient (Wildman–Crippen LogP) is 4.73. The molecule has 3 rings (SSSR count). The normalized spacial score (nSPS) is 26.3. The lowest BCUT2D eigenvalue weighted by Crippen LogP contribution is -2.24. The van der Waals surface area contributed by atoms with Crippen molar-refractivity contribution in [2.75, 3.05) is 0 Å². The molecule has 1 unspecified atom stereocenters. The highest BCUT2D eigenvalue weighted by Gasteiger charge is 2.25. The lowest BCUT2D eigenvalue weighted by atomic mass is 9.79. The Hall–Kier alpha value is -0.860. The van der Waals surface area contributed by atoms with Gasteiger partial charge in [-0.05, 0) is 42.2 Å². The van der Waals surface area contributed by atoms with Gasteiger partial charge < -0.3 is 5.73 Å². The fourth-order valence-corrected chi connectivity index (χ4v) is 4.20. The summed E-state index contributed by atoms with van der Waals surface area (Å²) in [6.45, 7) is 2.36. The Morgan fingerprint density at radius 3 is 2.61 bits per heavy atom. The third-order valence-corrected chi connectivity index (χ3v) is 5.56. The number of thiophene rings is 1. The van der Waals surface area contributed by atoms with Crippen LogP contribution in [0, 0.1) is 11.8 Å². The first kappa shape index (κ1) is 12.2. The molecule has 1 aliphatic carbocycles. The maximum Gasteiger partial charge on any atom is 0.0418 e. The highest BCUT2D eigenvalue weighted by molar-refractivity contribution is 7.19. The number of hydrogen-bond donors (Lipinski definition) is 1. The summed E-state index contributed by atoms with van der Waals surface area (Å²) in [7, 11) is 0.